The predicted molar refractivity (Wildman–Crippen MR) is 302 cm³/mol. The molecule has 1 fully saturated rings. The van der Waals surface area contributed by atoms with Crippen molar-refractivity contribution in [2.45, 2.75) is 188 Å². The molecule has 0 amide bonds. The van der Waals surface area contributed by atoms with Crippen molar-refractivity contribution in [3.05, 3.63) is 148 Å². The molecular weight excluding hydrogens is 846 g/mol. The van der Waals surface area contributed by atoms with Crippen LogP contribution in [0.25, 0.3) is 0 Å². The Balaban J connectivity index is 1.23. The fraction of sp³-hybridized carbons (Fsp3) is 0.455. The molecule has 0 saturated heterocycles. The summed E-state index contributed by atoms with van der Waals surface area (Å²) in [6.45, 7) is 36.6. The lowest BCUT2D eigenvalue weighted by atomic mass is 9.33. The normalized spacial score (nSPS) is 23.2. The van der Waals surface area contributed by atoms with E-state index in [0.29, 0.717) is 0 Å². The van der Waals surface area contributed by atoms with Gasteiger partial charge >= 0.3 is 0 Å². The van der Waals surface area contributed by atoms with Crippen molar-refractivity contribution in [2.75, 3.05) is 14.7 Å². The number of fused-ring (bicyclic) bond motifs is 9. The van der Waals surface area contributed by atoms with E-state index in [-0.39, 0.29) is 44.7 Å². The smallest absolute Gasteiger partial charge is 0.252 e. The third-order valence-corrected chi connectivity index (χ3v) is 19.2. The van der Waals surface area contributed by atoms with Crippen molar-refractivity contribution in [2.24, 2.45) is 5.41 Å². The van der Waals surface area contributed by atoms with Crippen LogP contribution in [0.2, 0.25) is 0 Å². The second-order valence-electron chi connectivity index (χ2n) is 27.6. The van der Waals surface area contributed by atoms with Crippen LogP contribution in [0.15, 0.2) is 103 Å². The second-order valence-corrected chi connectivity index (χ2v) is 27.6. The summed E-state index contributed by atoms with van der Waals surface area (Å²) in [7, 11) is 0. The van der Waals surface area contributed by atoms with Crippen molar-refractivity contribution in [3.63, 3.8) is 0 Å². The summed E-state index contributed by atoms with van der Waals surface area (Å²) in [6, 6.07) is 42.5. The Morgan fingerprint density at radius 3 is 1.70 bits per heavy atom. The van der Waals surface area contributed by atoms with Crippen LogP contribution < -0.4 is 31.1 Å². The third kappa shape index (κ3) is 6.52. The first-order valence-electron chi connectivity index (χ1n) is 27.1. The molecule has 6 aromatic carbocycles. The van der Waals surface area contributed by atoms with Crippen molar-refractivity contribution in [1.82, 2.24) is 0 Å². The SMILES string of the molecule is Cc1cc(C(C)(C)C)ccc1N1c2cc3c(cc2B2c4cc5c(cc4N(c4ccc(C(C)(C)C)cc4)c4cc(N6c7ccccc7C7(C)CCCCC67C)cc1c42)C(C)(C)CCC5(C)C)CC(C)(C)C3. The van der Waals surface area contributed by atoms with Crippen LogP contribution >= 0.6 is 0 Å². The van der Waals surface area contributed by atoms with Crippen LogP contribution in [0.3, 0.4) is 0 Å². The van der Waals surface area contributed by atoms with Gasteiger partial charge in [-0.05, 0) is 189 Å². The van der Waals surface area contributed by atoms with Crippen molar-refractivity contribution in [1.29, 1.82) is 0 Å². The topological polar surface area (TPSA) is 9.72 Å². The fourth-order valence-corrected chi connectivity index (χ4v) is 14.9. The largest absolute Gasteiger partial charge is 0.334 e. The molecule has 3 heterocycles. The number of aryl methyl sites for hydroxylation is 1. The number of hydrogen-bond donors (Lipinski definition) is 0. The zero-order valence-corrected chi connectivity index (χ0v) is 45.4. The molecule has 3 nitrogen and oxygen atoms in total. The zero-order chi connectivity index (χ0) is 49.5. The van der Waals surface area contributed by atoms with Crippen LogP contribution in [-0.4, -0.2) is 12.3 Å². The standard InChI is InChI=1S/C66H78BN3/c1-41-32-45(61(5,6)7)24-27-53(41)69-55-34-43-40-62(8,9)39-42(43)33-51(55)67-52-37-49-50(64(12,13)31-30-63(49,10)11)38-56(52)68(46-25-22-44(23-26-46)60(2,3)4)57-35-47(36-58(69)59(57)67)70-54-21-17-16-20-48(54)65(14)28-18-19-29-66(65,70)15/h16-17,20-27,32-38H,18-19,28-31,39-40H2,1-15H3. The Bertz CT molecular complexity index is 3170. The first-order valence-corrected chi connectivity index (χ1v) is 27.1. The highest BCUT2D eigenvalue weighted by Gasteiger charge is 2.58. The molecule has 360 valence electrons. The van der Waals surface area contributed by atoms with Crippen molar-refractivity contribution >= 4 is 68.6 Å². The Morgan fingerprint density at radius 2 is 1.04 bits per heavy atom. The van der Waals surface area contributed by atoms with E-state index >= 15 is 0 Å². The maximum absolute atomic E-state index is 2.83. The summed E-state index contributed by atoms with van der Waals surface area (Å²) < 4.78 is 0. The maximum atomic E-state index is 2.83. The molecule has 0 N–H and O–H groups in total. The van der Waals surface area contributed by atoms with E-state index in [1.807, 2.05) is 0 Å². The second kappa shape index (κ2) is 14.7. The molecule has 70 heavy (non-hydrogen) atoms. The highest BCUT2D eigenvalue weighted by molar-refractivity contribution is 7.00. The maximum Gasteiger partial charge on any atom is 0.252 e. The van der Waals surface area contributed by atoms with Gasteiger partial charge in [0.15, 0.2) is 0 Å². The number of benzene rings is 6. The van der Waals surface area contributed by atoms with Gasteiger partial charge in [0.25, 0.3) is 6.71 Å². The van der Waals surface area contributed by atoms with E-state index in [4.69, 9.17) is 0 Å². The lowest BCUT2D eigenvalue weighted by Gasteiger charge is -2.51. The van der Waals surface area contributed by atoms with Crippen LogP contribution in [0.5, 0.6) is 0 Å². The molecule has 0 aromatic heterocycles. The molecule has 0 radical (unpaired) electrons. The average molecular weight is 924 g/mol. The molecule has 2 unspecified atom stereocenters. The van der Waals surface area contributed by atoms with E-state index < -0.39 is 0 Å². The summed E-state index contributed by atoms with van der Waals surface area (Å²) in [6.07, 6.45) is 9.45. The molecule has 1 saturated carbocycles. The predicted octanol–water partition coefficient (Wildman–Crippen LogP) is 15.9. The van der Waals surface area contributed by atoms with E-state index in [1.165, 1.54) is 138 Å². The van der Waals surface area contributed by atoms with Crippen molar-refractivity contribution in [3.8, 4) is 0 Å². The van der Waals surface area contributed by atoms with Gasteiger partial charge in [-0.1, -0.05) is 157 Å². The van der Waals surface area contributed by atoms with Gasteiger partial charge in [-0.15, -0.1) is 0 Å². The molecule has 4 heteroatoms. The fourth-order valence-electron chi connectivity index (χ4n) is 14.9. The minimum absolute atomic E-state index is 0.0308. The minimum atomic E-state index is -0.0934. The van der Waals surface area contributed by atoms with Crippen LogP contribution in [-0.2, 0) is 39.9 Å². The first kappa shape index (κ1) is 45.9. The van der Waals surface area contributed by atoms with Gasteiger partial charge in [-0.3, -0.25) is 0 Å². The van der Waals surface area contributed by atoms with E-state index in [2.05, 4.69) is 222 Å². The highest BCUT2D eigenvalue weighted by Crippen LogP contribution is 2.62. The molecule has 0 spiro atoms. The monoisotopic (exact) mass is 924 g/mol. The number of hydrogen-bond acceptors (Lipinski definition) is 3. The van der Waals surface area contributed by atoms with Gasteiger partial charge in [0, 0.05) is 50.9 Å². The average Bonchev–Trinajstić information content (AvgIpc) is 3.71. The number of nitrogens with zero attached hydrogens (tertiary/aromatic N) is 3. The van der Waals surface area contributed by atoms with Gasteiger partial charge < -0.3 is 14.7 Å². The molecule has 3 aliphatic carbocycles. The Morgan fingerprint density at radius 1 is 0.471 bits per heavy atom. The number of rotatable bonds is 3. The Labute approximate surface area is 422 Å². The summed E-state index contributed by atoms with van der Waals surface area (Å²) >= 11 is 0. The molecule has 0 bridgehead atoms. The van der Waals surface area contributed by atoms with Crippen LogP contribution in [0, 0.1) is 12.3 Å². The molecule has 2 atom stereocenters. The van der Waals surface area contributed by atoms with Gasteiger partial charge in [0.2, 0.25) is 0 Å². The molecular formula is C66H78BN3. The van der Waals surface area contributed by atoms with Gasteiger partial charge in [0.05, 0.1) is 5.54 Å². The highest BCUT2D eigenvalue weighted by atomic mass is 15.3. The summed E-state index contributed by atoms with van der Waals surface area (Å²) in [4.78, 5) is 8.29. The third-order valence-electron chi connectivity index (χ3n) is 19.2. The quantitative estimate of drug-likeness (QED) is 0.164. The van der Waals surface area contributed by atoms with E-state index in [9.17, 15) is 0 Å². The van der Waals surface area contributed by atoms with E-state index in [0.717, 1.165) is 19.3 Å². The van der Waals surface area contributed by atoms with E-state index in [1.54, 1.807) is 0 Å². The van der Waals surface area contributed by atoms with Gasteiger partial charge in [-0.25, -0.2) is 0 Å². The van der Waals surface area contributed by atoms with Gasteiger partial charge in [-0.2, -0.15) is 0 Å². The van der Waals surface area contributed by atoms with Crippen molar-refractivity contribution < 1.29 is 0 Å². The van der Waals surface area contributed by atoms with Gasteiger partial charge in [0.1, 0.15) is 0 Å². The Hall–Kier alpha value is -5.22. The van der Waals surface area contributed by atoms with Crippen LogP contribution in [0.4, 0.5) is 45.5 Å². The van der Waals surface area contributed by atoms with Crippen LogP contribution in [0.1, 0.15) is 180 Å². The minimum Gasteiger partial charge on any atom is -0.334 e. The molecule has 3 aliphatic heterocycles. The number of para-hydroxylation sites is 1. The summed E-state index contributed by atoms with van der Waals surface area (Å²) in [5.41, 5.74) is 26.8. The molecule has 6 aliphatic rings. The lowest BCUT2D eigenvalue weighted by molar-refractivity contribution is 0.195. The molecule has 6 aromatic rings. The lowest BCUT2D eigenvalue weighted by Crippen LogP contribution is -2.62. The summed E-state index contributed by atoms with van der Waals surface area (Å²) in [5, 5.41) is 0. The number of anilines is 8. The molecule has 12 rings (SSSR count). The zero-order valence-electron chi connectivity index (χ0n) is 45.4. The first-order chi connectivity index (χ1) is 32.8. The summed E-state index contributed by atoms with van der Waals surface area (Å²) in [5.74, 6) is 0. The Kier molecular flexibility index (Phi) is 9.64.